The molecule has 10 nitrogen and oxygen atoms in total. The minimum atomic E-state index is -0.754. The molecule has 2 aliphatic heterocycles. The molecule has 2 heterocycles. The zero-order chi connectivity index (χ0) is 38.3. The molecule has 2 aromatic carbocycles. The first-order chi connectivity index (χ1) is 24.5. The minimum absolute atomic E-state index is 0.0233. The molecular weight excluding hydrogens is 654 g/mol. The van der Waals surface area contributed by atoms with Gasteiger partial charge in [0.15, 0.2) is 0 Å². The van der Waals surface area contributed by atoms with Crippen LogP contribution < -0.4 is 15.4 Å². The molecule has 4 rings (SSSR count). The van der Waals surface area contributed by atoms with E-state index in [0.717, 1.165) is 36.9 Å². The van der Waals surface area contributed by atoms with Gasteiger partial charge in [0.05, 0.1) is 24.9 Å². The largest absolute Gasteiger partial charge is 0.495 e. The van der Waals surface area contributed by atoms with E-state index in [1.165, 1.54) is 0 Å². The van der Waals surface area contributed by atoms with E-state index in [1.807, 2.05) is 89.2 Å². The van der Waals surface area contributed by atoms with Crippen LogP contribution in [0.2, 0.25) is 0 Å². The van der Waals surface area contributed by atoms with Crippen molar-refractivity contribution in [3.63, 3.8) is 0 Å². The van der Waals surface area contributed by atoms with Gasteiger partial charge in [-0.05, 0) is 87.6 Å². The Kier molecular flexibility index (Phi) is 13.7. The molecule has 2 aromatic rings. The first kappa shape index (κ1) is 40.6. The molecule has 52 heavy (non-hydrogen) atoms. The third kappa shape index (κ3) is 9.62. The fourth-order valence-corrected chi connectivity index (χ4v) is 7.51. The molecule has 0 spiro atoms. The van der Waals surface area contributed by atoms with E-state index < -0.39 is 23.5 Å². The van der Waals surface area contributed by atoms with Crippen molar-refractivity contribution >= 4 is 29.3 Å². The summed E-state index contributed by atoms with van der Waals surface area (Å²) in [7, 11) is 3.31. The number of nitrogens with zero attached hydrogens (tertiary/aromatic N) is 3. The quantitative estimate of drug-likeness (QED) is 0.243. The van der Waals surface area contributed by atoms with Crippen molar-refractivity contribution in [1.82, 2.24) is 20.0 Å². The number of ether oxygens (including phenoxy) is 1. The number of carbonyl (C=O) groups is 4. The van der Waals surface area contributed by atoms with Crippen LogP contribution >= 0.6 is 0 Å². The van der Waals surface area contributed by atoms with Gasteiger partial charge >= 0.3 is 0 Å². The van der Waals surface area contributed by atoms with E-state index in [4.69, 9.17) is 4.74 Å². The summed E-state index contributed by atoms with van der Waals surface area (Å²) in [5, 5.41) is 6.18. The number of carbonyl (C=O) groups excluding carboxylic acids is 4. The predicted octanol–water partition coefficient (Wildman–Crippen LogP) is 6.51. The molecule has 10 heteroatoms. The van der Waals surface area contributed by atoms with Crippen molar-refractivity contribution in [2.45, 2.75) is 118 Å². The van der Waals surface area contributed by atoms with Crippen LogP contribution in [0.15, 0.2) is 60.2 Å². The van der Waals surface area contributed by atoms with Gasteiger partial charge in [0.2, 0.25) is 23.6 Å². The Bertz CT molecular complexity index is 1600. The summed E-state index contributed by atoms with van der Waals surface area (Å²) in [5.41, 5.74) is 2.41. The average molecular weight is 716 g/mol. The van der Waals surface area contributed by atoms with Crippen molar-refractivity contribution in [2.24, 2.45) is 11.3 Å². The maximum Gasteiger partial charge on any atom is 0.249 e. The Hall–Kier alpha value is -4.18. The number of benzene rings is 2. The lowest BCUT2D eigenvalue weighted by Gasteiger charge is -2.41. The summed E-state index contributed by atoms with van der Waals surface area (Å²) < 4.78 is 5.56. The molecule has 4 atom stereocenters. The normalized spacial score (nSPS) is 19.7. The summed E-state index contributed by atoms with van der Waals surface area (Å²) >= 11 is 0. The number of hydrogen-bond donors (Lipinski definition) is 2. The van der Waals surface area contributed by atoms with Gasteiger partial charge in [-0.2, -0.15) is 0 Å². The molecule has 2 N–H and O–H groups in total. The average Bonchev–Trinajstić information content (AvgIpc) is 3.62. The smallest absolute Gasteiger partial charge is 0.249 e. The zero-order valence-corrected chi connectivity index (χ0v) is 33.0. The lowest BCUT2D eigenvalue weighted by atomic mass is 9.84. The topological polar surface area (TPSA) is 111 Å². The van der Waals surface area contributed by atoms with Crippen LogP contribution in [0, 0.1) is 11.3 Å². The van der Waals surface area contributed by atoms with Gasteiger partial charge in [-0.25, -0.2) is 0 Å². The molecule has 0 bridgehead atoms. The van der Waals surface area contributed by atoms with Gasteiger partial charge < -0.3 is 25.2 Å². The molecular formula is C42H61N5O5. The summed E-state index contributed by atoms with van der Waals surface area (Å²) in [6, 6.07) is 13.7. The summed E-state index contributed by atoms with van der Waals surface area (Å²) in [5.74, 6) is -0.305. The number of likely N-dealkylation sites (tertiary alicyclic amines) is 2. The first-order valence-electron chi connectivity index (χ1n) is 18.9. The highest BCUT2D eigenvalue weighted by Crippen LogP contribution is 2.32. The van der Waals surface area contributed by atoms with E-state index in [-0.39, 0.29) is 41.6 Å². The van der Waals surface area contributed by atoms with Crippen molar-refractivity contribution < 1.29 is 23.9 Å². The molecule has 2 aliphatic rings. The molecule has 2 fully saturated rings. The lowest BCUT2D eigenvalue weighted by molar-refractivity contribution is -0.142. The summed E-state index contributed by atoms with van der Waals surface area (Å²) in [4.78, 5) is 61.3. The van der Waals surface area contributed by atoms with Crippen molar-refractivity contribution in [1.29, 1.82) is 0 Å². The van der Waals surface area contributed by atoms with Crippen LogP contribution in [-0.2, 0) is 19.2 Å². The van der Waals surface area contributed by atoms with Crippen LogP contribution in [-0.4, -0.2) is 95.8 Å². The molecule has 2 saturated heterocycles. The number of methoxy groups -OCH3 is 1. The van der Waals surface area contributed by atoms with Gasteiger partial charge in [-0.3, -0.25) is 24.1 Å². The third-order valence-corrected chi connectivity index (χ3v) is 10.5. The van der Waals surface area contributed by atoms with Crippen LogP contribution in [0.4, 0.5) is 5.69 Å². The van der Waals surface area contributed by atoms with Crippen molar-refractivity contribution in [2.75, 3.05) is 32.6 Å². The standard InChI is InChI=1S/C42H61N5O5/c1-27(2)35(45(9)41(51)37(42(6,7)8)44-39(49)33-19-14-15-23-46(33)28(3)4)25-29(5)40(50)47-24-16-20-34(47)38(48)43-32-26-31(21-22-36(32)52-10)30-17-12-11-13-18-30/h11-13,17-18,21-22,25-28,33-35,37H,14-16,19-20,23-24H2,1-10H3,(H,43,48)(H,44,49)/b29-25+. The number of nitrogens with one attached hydrogen (secondary N) is 2. The number of amides is 4. The minimum Gasteiger partial charge on any atom is -0.495 e. The van der Waals surface area contributed by atoms with Gasteiger partial charge in [0.1, 0.15) is 17.8 Å². The Morgan fingerprint density at radius 1 is 0.885 bits per heavy atom. The second kappa shape index (κ2) is 17.6. The summed E-state index contributed by atoms with van der Waals surface area (Å²) in [6.07, 6.45) is 5.90. The highest BCUT2D eigenvalue weighted by atomic mass is 16.5. The molecule has 284 valence electrons. The monoisotopic (exact) mass is 715 g/mol. The van der Waals surface area contributed by atoms with Gasteiger partial charge in [-0.15, -0.1) is 0 Å². The van der Waals surface area contributed by atoms with E-state index in [2.05, 4.69) is 29.4 Å². The maximum atomic E-state index is 14.3. The van der Waals surface area contributed by atoms with E-state index in [1.54, 1.807) is 30.9 Å². The summed E-state index contributed by atoms with van der Waals surface area (Å²) in [6.45, 7) is 17.2. The number of likely N-dealkylation sites (N-methyl/N-ethyl adjacent to an activating group) is 1. The van der Waals surface area contributed by atoms with Crippen molar-refractivity contribution in [3.05, 3.63) is 60.2 Å². The molecule has 4 amide bonds. The second-order valence-corrected chi connectivity index (χ2v) is 16.1. The Morgan fingerprint density at radius 3 is 2.17 bits per heavy atom. The van der Waals surface area contributed by atoms with Crippen molar-refractivity contribution in [3.8, 4) is 16.9 Å². The molecule has 4 unspecified atom stereocenters. The van der Waals surface area contributed by atoms with E-state index >= 15 is 0 Å². The molecule has 0 radical (unpaired) electrons. The van der Waals surface area contributed by atoms with Crippen LogP contribution in [0.1, 0.15) is 87.5 Å². The van der Waals surface area contributed by atoms with Gasteiger partial charge in [0.25, 0.3) is 0 Å². The molecule has 0 aromatic heterocycles. The second-order valence-electron chi connectivity index (χ2n) is 16.1. The fourth-order valence-electron chi connectivity index (χ4n) is 7.51. The Balaban J connectivity index is 1.51. The first-order valence-corrected chi connectivity index (χ1v) is 18.9. The fraction of sp³-hybridized carbons (Fsp3) is 0.571. The van der Waals surface area contributed by atoms with E-state index in [9.17, 15) is 19.2 Å². The number of anilines is 1. The van der Waals surface area contributed by atoms with E-state index in [0.29, 0.717) is 36.4 Å². The molecule has 0 saturated carbocycles. The predicted molar refractivity (Wildman–Crippen MR) is 208 cm³/mol. The maximum absolute atomic E-state index is 14.3. The Labute approximate surface area is 311 Å². The van der Waals surface area contributed by atoms with Crippen LogP contribution in [0.3, 0.4) is 0 Å². The van der Waals surface area contributed by atoms with Gasteiger partial charge in [0, 0.05) is 25.2 Å². The zero-order valence-electron chi connectivity index (χ0n) is 33.0. The highest BCUT2D eigenvalue weighted by Gasteiger charge is 2.40. The number of rotatable bonds is 12. The third-order valence-electron chi connectivity index (χ3n) is 10.5. The number of piperidine rings is 1. The lowest BCUT2D eigenvalue weighted by Crippen LogP contribution is -2.60. The Morgan fingerprint density at radius 2 is 1.56 bits per heavy atom. The molecule has 0 aliphatic carbocycles. The number of hydrogen-bond acceptors (Lipinski definition) is 6. The van der Waals surface area contributed by atoms with Crippen LogP contribution in [0.5, 0.6) is 5.75 Å². The highest BCUT2D eigenvalue weighted by molar-refractivity contribution is 6.02. The SMILES string of the molecule is COc1ccc(-c2ccccc2)cc1NC(=O)C1CCCN1C(=O)/C(C)=C/C(C(C)C)N(C)C(=O)C(NC(=O)C1CCCCN1C(C)C)C(C)(C)C. The van der Waals surface area contributed by atoms with Gasteiger partial charge in [-0.1, -0.05) is 83.5 Å². The van der Waals surface area contributed by atoms with Crippen LogP contribution in [0.25, 0.3) is 11.1 Å².